The highest BCUT2D eigenvalue weighted by Crippen LogP contribution is 2.31. The Bertz CT molecular complexity index is 823. The molecule has 0 atom stereocenters. The number of H-pyrrole nitrogens is 1. The summed E-state index contributed by atoms with van der Waals surface area (Å²) in [6.45, 7) is 3.70. The highest BCUT2D eigenvalue weighted by molar-refractivity contribution is 9.10. The van der Waals surface area contributed by atoms with Crippen molar-refractivity contribution in [2.75, 3.05) is 7.11 Å². The number of aryl methyl sites for hydroxylation is 1. The van der Waals surface area contributed by atoms with Crippen LogP contribution in [0.25, 0.3) is 0 Å². The average Bonchev–Trinajstić information content (AvgIpc) is 2.81. The summed E-state index contributed by atoms with van der Waals surface area (Å²) in [5.74, 6) is -0.375. The predicted octanol–water partition coefficient (Wildman–Crippen LogP) is 3.33. The fourth-order valence-electron chi connectivity index (χ4n) is 2.27. The summed E-state index contributed by atoms with van der Waals surface area (Å²) in [4.78, 5) is 14.5. The van der Waals surface area contributed by atoms with Crippen LogP contribution in [0.3, 0.4) is 0 Å². The zero-order valence-electron chi connectivity index (χ0n) is 13.1. The molecular formula is C16H18BrNO4S. The quantitative estimate of drug-likeness (QED) is 0.782. The van der Waals surface area contributed by atoms with Crippen LogP contribution >= 0.6 is 15.9 Å². The number of hydrogen-bond donors (Lipinski definition) is 1. The number of carbonyl (C=O) groups excluding carboxylic acids is 1. The summed E-state index contributed by atoms with van der Waals surface area (Å²) in [6.07, 6.45) is 0.416. The van der Waals surface area contributed by atoms with E-state index in [4.69, 9.17) is 0 Å². The molecular weight excluding hydrogens is 382 g/mol. The van der Waals surface area contributed by atoms with E-state index in [9.17, 15) is 13.2 Å². The number of hydrogen-bond acceptors (Lipinski definition) is 4. The van der Waals surface area contributed by atoms with Crippen molar-refractivity contribution in [1.82, 2.24) is 4.98 Å². The Labute approximate surface area is 144 Å². The fourth-order valence-corrected chi connectivity index (χ4v) is 4.38. The maximum atomic E-state index is 12.9. The van der Waals surface area contributed by atoms with Crippen LogP contribution < -0.4 is 0 Å². The van der Waals surface area contributed by atoms with Crippen LogP contribution in [0.1, 0.15) is 23.1 Å². The first-order valence-electron chi connectivity index (χ1n) is 7.03. The first kappa shape index (κ1) is 17.7. The van der Waals surface area contributed by atoms with Gasteiger partial charge in [-0.2, -0.15) is 0 Å². The Balaban J connectivity index is 2.47. The van der Waals surface area contributed by atoms with Crippen molar-refractivity contribution in [3.63, 3.8) is 0 Å². The monoisotopic (exact) mass is 399 g/mol. The molecule has 1 N–H and O–H groups in total. The Hall–Kier alpha value is -1.60. The lowest BCUT2D eigenvalue weighted by molar-refractivity contribution is -0.140. The summed E-state index contributed by atoms with van der Waals surface area (Å²) in [5, 5.41) is 0.120. The summed E-state index contributed by atoms with van der Waals surface area (Å²) in [7, 11) is -2.37. The molecule has 7 heteroatoms. The van der Waals surface area contributed by atoms with Crippen LogP contribution in [0.15, 0.2) is 38.8 Å². The first-order chi connectivity index (χ1) is 10.8. The van der Waals surface area contributed by atoms with Crippen LogP contribution in [-0.2, 0) is 25.8 Å². The highest BCUT2D eigenvalue weighted by atomic mass is 79.9. The SMILES string of the molecule is COC(=O)CCc1c(S(=O)(=O)c2ccc(C)cc2)[nH]c(Br)c1C. The van der Waals surface area contributed by atoms with Gasteiger partial charge in [-0.05, 0) is 59.5 Å². The second kappa shape index (κ2) is 6.88. The van der Waals surface area contributed by atoms with E-state index in [2.05, 4.69) is 25.7 Å². The zero-order valence-corrected chi connectivity index (χ0v) is 15.5. The van der Waals surface area contributed by atoms with Crippen LogP contribution in [0.2, 0.25) is 0 Å². The second-order valence-electron chi connectivity index (χ2n) is 5.26. The summed E-state index contributed by atoms with van der Waals surface area (Å²) >= 11 is 3.33. The molecule has 0 aliphatic carbocycles. The summed E-state index contributed by atoms with van der Waals surface area (Å²) in [6, 6.07) is 6.68. The molecule has 0 amide bonds. The number of methoxy groups -OCH3 is 1. The molecule has 124 valence electrons. The fraction of sp³-hybridized carbons (Fsp3) is 0.312. The third-order valence-electron chi connectivity index (χ3n) is 3.69. The lowest BCUT2D eigenvalue weighted by atomic mass is 10.1. The lowest BCUT2D eigenvalue weighted by Gasteiger charge is -2.07. The van der Waals surface area contributed by atoms with E-state index in [1.54, 1.807) is 31.2 Å². The topological polar surface area (TPSA) is 76.2 Å². The molecule has 1 heterocycles. The Morgan fingerprint density at radius 3 is 2.39 bits per heavy atom. The third kappa shape index (κ3) is 3.67. The molecule has 0 saturated carbocycles. The largest absolute Gasteiger partial charge is 0.469 e. The van der Waals surface area contributed by atoms with Crippen molar-refractivity contribution in [2.45, 2.75) is 36.6 Å². The van der Waals surface area contributed by atoms with E-state index in [-0.39, 0.29) is 22.3 Å². The number of ether oxygens (including phenoxy) is 1. The predicted molar refractivity (Wildman–Crippen MR) is 90.2 cm³/mol. The molecule has 0 saturated heterocycles. The molecule has 0 bridgehead atoms. The van der Waals surface area contributed by atoms with Gasteiger partial charge in [-0.3, -0.25) is 4.79 Å². The van der Waals surface area contributed by atoms with Crippen LogP contribution in [-0.4, -0.2) is 26.5 Å². The minimum absolute atomic E-state index is 0.120. The molecule has 0 fully saturated rings. The van der Waals surface area contributed by atoms with Gasteiger partial charge in [0.25, 0.3) is 0 Å². The molecule has 0 unspecified atom stereocenters. The van der Waals surface area contributed by atoms with E-state index in [1.165, 1.54) is 7.11 Å². The Kier molecular flexibility index (Phi) is 5.31. The van der Waals surface area contributed by atoms with Crippen molar-refractivity contribution in [3.05, 3.63) is 45.6 Å². The minimum Gasteiger partial charge on any atom is -0.469 e. The van der Waals surface area contributed by atoms with Gasteiger partial charge in [-0.1, -0.05) is 17.7 Å². The number of aromatic amines is 1. The summed E-state index contributed by atoms with van der Waals surface area (Å²) < 4.78 is 31.0. The van der Waals surface area contributed by atoms with E-state index in [1.807, 2.05) is 6.92 Å². The van der Waals surface area contributed by atoms with E-state index < -0.39 is 9.84 Å². The van der Waals surface area contributed by atoms with Crippen molar-refractivity contribution in [2.24, 2.45) is 0 Å². The average molecular weight is 400 g/mol. The van der Waals surface area contributed by atoms with Gasteiger partial charge >= 0.3 is 5.97 Å². The molecule has 1 aromatic heterocycles. The number of aromatic nitrogens is 1. The van der Waals surface area contributed by atoms with Gasteiger partial charge in [0.1, 0.15) is 5.03 Å². The molecule has 2 aromatic rings. The van der Waals surface area contributed by atoms with Gasteiger partial charge in [0, 0.05) is 6.42 Å². The van der Waals surface area contributed by atoms with Crippen LogP contribution in [0.4, 0.5) is 0 Å². The number of halogens is 1. The van der Waals surface area contributed by atoms with Gasteiger partial charge < -0.3 is 9.72 Å². The van der Waals surface area contributed by atoms with Crippen molar-refractivity contribution in [1.29, 1.82) is 0 Å². The number of rotatable bonds is 5. The van der Waals surface area contributed by atoms with E-state index >= 15 is 0 Å². The smallest absolute Gasteiger partial charge is 0.305 e. The maximum absolute atomic E-state index is 12.9. The molecule has 1 aromatic carbocycles. The highest BCUT2D eigenvalue weighted by Gasteiger charge is 2.26. The van der Waals surface area contributed by atoms with Crippen molar-refractivity contribution in [3.8, 4) is 0 Å². The normalized spacial score (nSPS) is 11.5. The van der Waals surface area contributed by atoms with Gasteiger partial charge in [-0.25, -0.2) is 8.42 Å². The number of carbonyl (C=O) groups is 1. The zero-order chi connectivity index (χ0) is 17.2. The number of benzene rings is 1. The van der Waals surface area contributed by atoms with E-state index in [0.717, 1.165) is 11.1 Å². The molecule has 23 heavy (non-hydrogen) atoms. The van der Waals surface area contributed by atoms with Gasteiger partial charge in [-0.15, -0.1) is 0 Å². The van der Waals surface area contributed by atoms with Crippen molar-refractivity contribution >= 4 is 31.7 Å². The van der Waals surface area contributed by atoms with Crippen LogP contribution in [0.5, 0.6) is 0 Å². The molecule has 0 radical (unpaired) electrons. The molecule has 2 rings (SSSR count). The van der Waals surface area contributed by atoms with E-state index in [0.29, 0.717) is 16.6 Å². The molecule has 5 nitrogen and oxygen atoms in total. The summed E-state index contributed by atoms with van der Waals surface area (Å²) in [5.41, 5.74) is 2.36. The van der Waals surface area contributed by atoms with Crippen molar-refractivity contribution < 1.29 is 17.9 Å². The van der Waals surface area contributed by atoms with Gasteiger partial charge in [0.15, 0.2) is 0 Å². The van der Waals surface area contributed by atoms with Gasteiger partial charge in [0.2, 0.25) is 9.84 Å². The number of nitrogens with one attached hydrogen (secondary N) is 1. The van der Waals surface area contributed by atoms with Crippen LogP contribution in [0, 0.1) is 13.8 Å². The Morgan fingerprint density at radius 2 is 1.83 bits per heavy atom. The number of sulfone groups is 1. The number of esters is 1. The molecule has 0 spiro atoms. The maximum Gasteiger partial charge on any atom is 0.305 e. The first-order valence-corrected chi connectivity index (χ1v) is 9.30. The minimum atomic E-state index is -3.68. The second-order valence-corrected chi connectivity index (χ2v) is 7.94. The lowest BCUT2D eigenvalue weighted by Crippen LogP contribution is -2.08. The molecule has 0 aliphatic heterocycles. The third-order valence-corrected chi connectivity index (χ3v) is 6.26. The standard InChI is InChI=1S/C16H18BrNO4S/c1-10-4-6-12(7-5-10)23(20,21)16-13(8-9-14(19)22-3)11(2)15(17)18-16/h4-7,18H,8-9H2,1-3H3. The Morgan fingerprint density at radius 1 is 1.22 bits per heavy atom. The van der Waals surface area contributed by atoms with Gasteiger partial charge in [0.05, 0.1) is 16.6 Å². The molecule has 0 aliphatic rings.